The highest BCUT2D eigenvalue weighted by Gasteiger charge is 2.18. The Labute approximate surface area is 154 Å². The Bertz CT molecular complexity index is 744. The van der Waals surface area contributed by atoms with Gasteiger partial charge in [0.05, 0.1) is 21.7 Å². The van der Waals surface area contributed by atoms with E-state index in [9.17, 15) is 9.59 Å². The molecule has 0 saturated carbocycles. The third-order valence-electron chi connectivity index (χ3n) is 3.23. The van der Waals surface area contributed by atoms with Gasteiger partial charge in [0.2, 0.25) is 0 Å². The monoisotopic (exact) mass is 385 g/mol. The van der Waals surface area contributed by atoms with Gasteiger partial charge in [-0.2, -0.15) is 0 Å². The smallest absolute Gasteiger partial charge is 0.341 e. The minimum Gasteiger partial charge on any atom is -0.452 e. The van der Waals surface area contributed by atoms with E-state index in [-0.39, 0.29) is 21.7 Å². The second-order valence-corrected chi connectivity index (χ2v) is 6.27. The molecule has 2 aromatic rings. The van der Waals surface area contributed by atoms with E-state index in [2.05, 4.69) is 5.32 Å². The van der Waals surface area contributed by atoms with Crippen molar-refractivity contribution in [2.75, 3.05) is 6.61 Å². The number of hydrogen-bond acceptors (Lipinski definition) is 3. The number of ether oxygens (including phenoxy) is 1. The van der Waals surface area contributed by atoms with Crippen molar-refractivity contribution in [2.24, 2.45) is 0 Å². The van der Waals surface area contributed by atoms with E-state index in [4.69, 9.17) is 39.5 Å². The van der Waals surface area contributed by atoms with Crippen molar-refractivity contribution in [3.8, 4) is 0 Å². The van der Waals surface area contributed by atoms with Crippen LogP contribution in [0.4, 0.5) is 0 Å². The first kappa shape index (κ1) is 18.6. The molecular weight excluding hydrogens is 373 g/mol. The summed E-state index contributed by atoms with van der Waals surface area (Å²) in [6, 6.07) is 11.5. The normalized spacial score (nSPS) is 11.7. The molecule has 0 aromatic heterocycles. The van der Waals surface area contributed by atoms with Gasteiger partial charge in [-0.25, -0.2) is 4.79 Å². The first-order chi connectivity index (χ1) is 11.4. The second kappa shape index (κ2) is 8.38. The highest BCUT2D eigenvalue weighted by atomic mass is 35.5. The predicted molar refractivity (Wildman–Crippen MR) is 94.8 cm³/mol. The zero-order valence-corrected chi connectivity index (χ0v) is 15.0. The van der Waals surface area contributed by atoms with Crippen LogP contribution in [0.3, 0.4) is 0 Å². The van der Waals surface area contributed by atoms with E-state index in [1.807, 2.05) is 6.07 Å². The van der Waals surface area contributed by atoms with Gasteiger partial charge in [0.1, 0.15) is 0 Å². The Morgan fingerprint density at radius 1 is 1.08 bits per heavy atom. The van der Waals surface area contributed by atoms with Crippen molar-refractivity contribution in [3.63, 3.8) is 0 Å². The highest BCUT2D eigenvalue weighted by Crippen LogP contribution is 2.25. The molecule has 0 aliphatic rings. The van der Waals surface area contributed by atoms with Gasteiger partial charge in [0.25, 0.3) is 5.91 Å². The lowest BCUT2D eigenvalue weighted by atomic mass is 10.1. The molecule has 2 aromatic carbocycles. The predicted octanol–water partition coefficient (Wildman–Crippen LogP) is 4.68. The first-order valence-corrected chi connectivity index (χ1v) is 8.18. The SMILES string of the molecule is C[C@@H](NC(=O)COC(=O)c1c(Cl)cccc1Cl)c1cccc(Cl)c1. The number of rotatable bonds is 5. The Morgan fingerprint density at radius 3 is 2.33 bits per heavy atom. The summed E-state index contributed by atoms with van der Waals surface area (Å²) in [5, 5.41) is 3.63. The molecular formula is C17H14Cl3NO3. The van der Waals surface area contributed by atoms with Gasteiger partial charge in [-0.05, 0) is 36.8 Å². The van der Waals surface area contributed by atoms with Crippen LogP contribution in [-0.4, -0.2) is 18.5 Å². The Hall–Kier alpha value is -1.75. The molecule has 0 aliphatic carbocycles. The van der Waals surface area contributed by atoms with Crippen LogP contribution in [0.15, 0.2) is 42.5 Å². The molecule has 1 amide bonds. The molecule has 24 heavy (non-hydrogen) atoms. The van der Waals surface area contributed by atoms with Crippen LogP contribution < -0.4 is 5.32 Å². The van der Waals surface area contributed by atoms with E-state index >= 15 is 0 Å². The van der Waals surface area contributed by atoms with Gasteiger partial charge >= 0.3 is 5.97 Å². The number of nitrogens with one attached hydrogen (secondary N) is 1. The largest absolute Gasteiger partial charge is 0.452 e. The maximum Gasteiger partial charge on any atom is 0.341 e. The third-order valence-corrected chi connectivity index (χ3v) is 4.09. The summed E-state index contributed by atoms with van der Waals surface area (Å²) in [6.45, 7) is 1.36. The Kier molecular flexibility index (Phi) is 6.49. The van der Waals surface area contributed by atoms with Crippen LogP contribution in [0, 0.1) is 0 Å². The van der Waals surface area contributed by atoms with Crippen molar-refractivity contribution >= 4 is 46.7 Å². The number of benzene rings is 2. The molecule has 1 N–H and O–H groups in total. The molecule has 0 fully saturated rings. The minimum atomic E-state index is -0.754. The van der Waals surface area contributed by atoms with Crippen LogP contribution in [0.2, 0.25) is 15.1 Å². The Balaban J connectivity index is 1.92. The fraction of sp³-hybridized carbons (Fsp3) is 0.176. The summed E-state index contributed by atoms with van der Waals surface area (Å²) in [4.78, 5) is 23.9. The van der Waals surface area contributed by atoms with Crippen LogP contribution in [0.25, 0.3) is 0 Å². The standard InChI is InChI=1S/C17H14Cl3NO3/c1-10(11-4-2-5-12(18)8-11)21-15(22)9-24-17(23)16-13(19)6-3-7-14(16)20/h2-8,10H,9H2,1H3,(H,21,22)/t10-/m1/s1. The van der Waals surface area contributed by atoms with E-state index in [0.29, 0.717) is 5.02 Å². The topological polar surface area (TPSA) is 55.4 Å². The lowest BCUT2D eigenvalue weighted by Crippen LogP contribution is -2.31. The van der Waals surface area contributed by atoms with E-state index < -0.39 is 18.5 Å². The molecule has 0 aliphatic heterocycles. The third kappa shape index (κ3) is 4.87. The fourth-order valence-electron chi connectivity index (χ4n) is 2.04. The molecule has 2 rings (SSSR count). The quantitative estimate of drug-likeness (QED) is 0.759. The number of carbonyl (C=O) groups is 2. The van der Waals surface area contributed by atoms with Crippen molar-refractivity contribution in [1.29, 1.82) is 0 Å². The van der Waals surface area contributed by atoms with Crippen LogP contribution in [0.1, 0.15) is 28.9 Å². The average molecular weight is 387 g/mol. The maximum absolute atomic E-state index is 12.0. The fourth-order valence-corrected chi connectivity index (χ4v) is 2.79. The van der Waals surface area contributed by atoms with Crippen LogP contribution in [-0.2, 0) is 9.53 Å². The lowest BCUT2D eigenvalue weighted by Gasteiger charge is -2.15. The van der Waals surface area contributed by atoms with E-state index in [1.54, 1.807) is 31.2 Å². The molecule has 0 heterocycles. The molecule has 4 nitrogen and oxygen atoms in total. The summed E-state index contributed by atoms with van der Waals surface area (Å²) in [6.07, 6.45) is 0. The zero-order valence-electron chi connectivity index (χ0n) is 12.7. The van der Waals surface area contributed by atoms with Gasteiger partial charge in [-0.1, -0.05) is 53.0 Å². The molecule has 0 saturated heterocycles. The summed E-state index contributed by atoms with van der Waals surface area (Å²) < 4.78 is 4.97. The highest BCUT2D eigenvalue weighted by molar-refractivity contribution is 6.39. The molecule has 1 atom stereocenters. The average Bonchev–Trinajstić information content (AvgIpc) is 2.52. The second-order valence-electron chi connectivity index (χ2n) is 5.02. The molecule has 0 radical (unpaired) electrons. The van der Waals surface area contributed by atoms with Crippen LogP contribution in [0.5, 0.6) is 0 Å². The number of hydrogen-bond donors (Lipinski definition) is 1. The van der Waals surface area contributed by atoms with Gasteiger partial charge in [-0.3, -0.25) is 4.79 Å². The number of esters is 1. The molecule has 126 valence electrons. The number of carbonyl (C=O) groups excluding carboxylic acids is 2. The molecule has 0 bridgehead atoms. The maximum atomic E-state index is 12.0. The van der Waals surface area contributed by atoms with Crippen LogP contribution >= 0.6 is 34.8 Å². The number of halogens is 3. The van der Waals surface area contributed by atoms with Gasteiger partial charge in [0.15, 0.2) is 6.61 Å². The van der Waals surface area contributed by atoms with Crippen molar-refractivity contribution in [1.82, 2.24) is 5.32 Å². The molecule has 0 spiro atoms. The Morgan fingerprint density at radius 2 is 1.71 bits per heavy atom. The molecule has 0 unspecified atom stereocenters. The van der Waals surface area contributed by atoms with E-state index in [0.717, 1.165) is 5.56 Å². The zero-order chi connectivity index (χ0) is 17.7. The van der Waals surface area contributed by atoms with Gasteiger partial charge in [-0.15, -0.1) is 0 Å². The van der Waals surface area contributed by atoms with Crippen molar-refractivity contribution < 1.29 is 14.3 Å². The van der Waals surface area contributed by atoms with Gasteiger partial charge in [0, 0.05) is 5.02 Å². The van der Waals surface area contributed by atoms with Gasteiger partial charge < -0.3 is 10.1 Å². The minimum absolute atomic E-state index is 0.0384. The molecule has 7 heteroatoms. The summed E-state index contributed by atoms with van der Waals surface area (Å²) >= 11 is 17.8. The summed E-state index contributed by atoms with van der Waals surface area (Å²) in [5.74, 6) is -1.20. The summed E-state index contributed by atoms with van der Waals surface area (Å²) in [7, 11) is 0. The van der Waals surface area contributed by atoms with Crippen molar-refractivity contribution in [3.05, 3.63) is 68.7 Å². The number of amides is 1. The first-order valence-electron chi connectivity index (χ1n) is 7.04. The lowest BCUT2D eigenvalue weighted by molar-refractivity contribution is -0.124. The van der Waals surface area contributed by atoms with Crippen molar-refractivity contribution in [2.45, 2.75) is 13.0 Å². The van der Waals surface area contributed by atoms with E-state index in [1.165, 1.54) is 12.1 Å². The summed E-state index contributed by atoms with van der Waals surface area (Å²) in [5.41, 5.74) is 0.882.